The van der Waals surface area contributed by atoms with E-state index in [0.29, 0.717) is 23.4 Å². The molecule has 2 aromatic carbocycles. The van der Waals surface area contributed by atoms with Crippen molar-refractivity contribution >= 4 is 21.6 Å². The first kappa shape index (κ1) is 22.0. The Morgan fingerprint density at radius 2 is 1.90 bits per heavy atom. The van der Waals surface area contributed by atoms with Crippen LogP contribution >= 0.6 is 0 Å². The van der Waals surface area contributed by atoms with Gasteiger partial charge in [-0.2, -0.15) is 0 Å². The Labute approximate surface area is 178 Å². The fourth-order valence-electron chi connectivity index (χ4n) is 3.51. The van der Waals surface area contributed by atoms with E-state index in [4.69, 9.17) is 9.47 Å². The number of methoxy groups -OCH3 is 1. The minimum absolute atomic E-state index is 0.00808. The molecule has 0 radical (unpaired) electrons. The molecular formula is C22H28N2O5S. The van der Waals surface area contributed by atoms with E-state index in [-0.39, 0.29) is 17.7 Å². The second-order valence-corrected chi connectivity index (χ2v) is 10.2. The number of nitrogens with one attached hydrogen (secondary N) is 1. The van der Waals surface area contributed by atoms with Crippen LogP contribution in [-0.2, 0) is 10.0 Å². The molecule has 8 heteroatoms. The van der Waals surface area contributed by atoms with Crippen molar-refractivity contribution in [2.45, 2.75) is 38.8 Å². The second kappa shape index (κ2) is 8.18. The molecule has 1 heterocycles. The summed E-state index contributed by atoms with van der Waals surface area (Å²) in [7, 11) is -0.253. The Morgan fingerprint density at radius 3 is 2.50 bits per heavy atom. The molecule has 0 aromatic heterocycles. The summed E-state index contributed by atoms with van der Waals surface area (Å²) in [4.78, 5) is 12.9. The summed E-state index contributed by atoms with van der Waals surface area (Å²) in [6, 6.07) is 11.8. The van der Waals surface area contributed by atoms with Gasteiger partial charge < -0.3 is 14.8 Å². The highest BCUT2D eigenvalue weighted by molar-refractivity contribution is 7.92. The van der Waals surface area contributed by atoms with Crippen LogP contribution in [-0.4, -0.2) is 39.8 Å². The van der Waals surface area contributed by atoms with Crippen molar-refractivity contribution in [1.29, 1.82) is 0 Å². The minimum Gasteiger partial charge on any atom is -0.497 e. The second-order valence-electron chi connectivity index (χ2n) is 7.91. The fourth-order valence-corrected chi connectivity index (χ4v) is 4.34. The zero-order valence-electron chi connectivity index (χ0n) is 17.9. The van der Waals surface area contributed by atoms with E-state index in [1.54, 1.807) is 38.3 Å². The van der Waals surface area contributed by atoms with Crippen molar-refractivity contribution in [3.05, 3.63) is 53.6 Å². The van der Waals surface area contributed by atoms with Crippen molar-refractivity contribution in [3.63, 3.8) is 0 Å². The van der Waals surface area contributed by atoms with Crippen LogP contribution in [0.15, 0.2) is 42.5 Å². The van der Waals surface area contributed by atoms with Gasteiger partial charge in [-0.1, -0.05) is 0 Å². The lowest BCUT2D eigenvalue weighted by atomic mass is 9.89. The Hall–Kier alpha value is -2.74. The number of ether oxygens (including phenoxy) is 2. The van der Waals surface area contributed by atoms with Crippen LogP contribution < -0.4 is 19.1 Å². The Morgan fingerprint density at radius 1 is 1.23 bits per heavy atom. The number of carbonyl (C=O) groups excluding carboxylic acids is 1. The summed E-state index contributed by atoms with van der Waals surface area (Å²) in [5, 5.41) is 3.08. The summed E-state index contributed by atoms with van der Waals surface area (Å²) >= 11 is 0. The number of nitrogens with zero attached hydrogens (tertiary/aromatic N) is 1. The average molecular weight is 433 g/mol. The van der Waals surface area contributed by atoms with Gasteiger partial charge in [0.15, 0.2) is 0 Å². The lowest BCUT2D eigenvalue weighted by Crippen LogP contribution is -2.41. The highest BCUT2D eigenvalue weighted by Gasteiger charge is 2.35. The SMILES string of the molecule is CCS(=O)(=O)N(C)c1ccc(C(=O)N[C@H]2CC(C)(C)Oc3ccc(OC)cc32)cc1. The molecule has 2 aromatic rings. The standard InChI is InChI=1S/C22H28N2O5S/c1-6-30(26,27)24(4)16-9-7-15(8-10-16)21(25)23-19-14-22(2,3)29-20-12-11-17(28-5)13-18(19)20/h7-13,19H,6,14H2,1-5H3,(H,23,25)/t19-/m0/s1. The van der Waals surface area contributed by atoms with Crippen LogP contribution in [0.3, 0.4) is 0 Å². The molecule has 1 amide bonds. The molecule has 1 aliphatic heterocycles. The molecule has 1 N–H and O–H groups in total. The maximum absolute atomic E-state index is 12.9. The maximum atomic E-state index is 12.9. The molecule has 1 atom stereocenters. The molecule has 0 unspecified atom stereocenters. The van der Waals surface area contributed by atoms with Gasteiger partial charge in [0.2, 0.25) is 10.0 Å². The van der Waals surface area contributed by atoms with Crippen LogP contribution in [0.2, 0.25) is 0 Å². The Kier molecular flexibility index (Phi) is 5.99. The third kappa shape index (κ3) is 4.53. The fraction of sp³-hybridized carbons (Fsp3) is 0.409. The predicted octanol–water partition coefficient (Wildman–Crippen LogP) is 3.51. The van der Waals surface area contributed by atoms with Gasteiger partial charge in [0.25, 0.3) is 5.91 Å². The molecule has 0 spiro atoms. The van der Waals surface area contributed by atoms with Crippen LogP contribution in [0.25, 0.3) is 0 Å². The summed E-state index contributed by atoms with van der Waals surface area (Å²) < 4.78 is 36.7. The smallest absolute Gasteiger partial charge is 0.251 e. The lowest BCUT2D eigenvalue weighted by Gasteiger charge is -2.38. The molecule has 0 saturated heterocycles. The van der Waals surface area contributed by atoms with Crippen molar-refractivity contribution in [1.82, 2.24) is 5.32 Å². The Balaban J connectivity index is 1.82. The molecule has 7 nitrogen and oxygen atoms in total. The van der Waals surface area contributed by atoms with E-state index in [1.807, 2.05) is 32.0 Å². The molecule has 0 saturated carbocycles. The van der Waals surface area contributed by atoms with E-state index >= 15 is 0 Å². The number of hydrogen-bond donors (Lipinski definition) is 1. The van der Waals surface area contributed by atoms with E-state index < -0.39 is 15.6 Å². The number of hydrogen-bond acceptors (Lipinski definition) is 5. The number of amides is 1. The number of carbonyl (C=O) groups is 1. The van der Waals surface area contributed by atoms with Crippen molar-refractivity contribution in [2.75, 3.05) is 24.2 Å². The first-order valence-electron chi connectivity index (χ1n) is 9.81. The Bertz CT molecular complexity index is 1030. The van der Waals surface area contributed by atoms with Gasteiger partial charge in [0, 0.05) is 24.6 Å². The van der Waals surface area contributed by atoms with Gasteiger partial charge in [-0.25, -0.2) is 8.42 Å². The van der Waals surface area contributed by atoms with Gasteiger partial charge in [0.1, 0.15) is 17.1 Å². The van der Waals surface area contributed by atoms with Gasteiger partial charge in [-0.05, 0) is 63.2 Å². The van der Waals surface area contributed by atoms with Crippen LogP contribution in [0.5, 0.6) is 11.5 Å². The lowest BCUT2D eigenvalue weighted by molar-refractivity contribution is 0.0618. The number of rotatable bonds is 6. The first-order chi connectivity index (χ1) is 14.1. The number of fused-ring (bicyclic) bond motifs is 1. The summed E-state index contributed by atoms with van der Waals surface area (Å²) in [6.07, 6.45) is 0.606. The summed E-state index contributed by atoms with van der Waals surface area (Å²) in [5.41, 5.74) is 1.40. The molecule has 3 rings (SSSR count). The molecule has 0 fully saturated rings. The van der Waals surface area contributed by atoms with E-state index in [0.717, 1.165) is 11.3 Å². The highest BCUT2D eigenvalue weighted by atomic mass is 32.2. The monoisotopic (exact) mass is 432 g/mol. The average Bonchev–Trinajstić information content (AvgIpc) is 2.72. The van der Waals surface area contributed by atoms with Gasteiger partial charge in [0.05, 0.1) is 24.6 Å². The van der Waals surface area contributed by atoms with Crippen LogP contribution in [0, 0.1) is 0 Å². The molecule has 30 heavy (non-hydrogen) atoms. The minimum atomic E-state index is -3.35. The van der Waals surface area contributed by atoms with Crippen molar-refractivity contribution in [3.8, 4) is 11.5 Å². The predicted molar refractivity (Wildman–Crippen MR) is 117 cm³/mol. The van der Waals surface area contributed by atoms with Crippen LogP contribution in [0.1, 0.15) is 49.2 Å². The van der Waals surface area contributed by atoms with E-state index in [2.05, 4.69) is 5.32 Å². The molecule has 0 bridgehead atoms. The van der Waals surface area contributed by atoms with Gasteiger partial charge in [-0.3, -0.25) is 9.10 Å². The zero-order chi connectivity index (χ0) is 22.1. The highest BCUT2D eigenvalue weighted by Crippen LogP contribution is 2.41. The normalized spacial score (nSPS) is 17.4. The number of anilines is 1. The van der Waals surface area contributed by atoms with Gasteiger partial charge >= 0.3 is 0 Å². The zero-order valence-corrected chi connectivity index (χ0v) is 18.7. The molecule has 0 aliphatic carbocycles. The van der Waals surface area contributed by atoms with Crippen molar-refractivity contribution < 1.29 is 22.7 Å². The van der Waals surface area contributed by atoms with E-state index in [9.17, 15) is 13.2 Å². The largest absolute Gasteiger partial charge is 0.497 e. The summed E-state index contributed by atoms with van der Waals surface area (Å²) in [6.45, 7) is 5.56. The molecular weight excluding hydrogens is 404 g/mol. The third-order valence-electron chi connectivity index (χ3n) is 5.25. The number of sulfonamides is 1. The van der Waals surface area contributed by atoms with Gasteiger partial charge in [-0.15, -0.1) is 0 Å². The topological polar surface area (TPSA) is 84.9 Å². The quantitative estimate of drug-likeness (QED) is 0.755. The first-order valence-corrected chi connectivity index (χ1v) is 11.4. The maximum Gasteiger partial charge on any atom is 0.251 e. The molecule has 1 aliphatic rings. The number of benzene rings is 2. The van der Waals surface area contributed by atoms with Crippen LogP contribution in [0.4, 0.5) is 5.69 Å². The van der Waals surface area contributed by atoms with E-state index in [1.165, 1.54) is 11.4 Å². The molecule has 162 valence electrons. The third-order valence-corrected chi connectivity index (χ3v) is 7.03. The summed E-state index contributed by atoms with van der Waals surface area (Å²) in [5.74, 6) is 1.19. The van der Waals surface area contributed by atoms with Crippen molar-refractivity contribution in [2.24, 2.45) is 0 Å².